The molecule has 138 valence electrons. The molecule has 0 saturated heterocycles. The Bertz CT molecular complexity index is 579. The maximum atomic E-state index is 12.7. The molecule has 5 nitrogen and oxygen atoms in total. The lowest BCUT2D eigenvalue weighted by molar-refractivity contribution is -0.886. The lowest BCUT2D eigenvalue weighted by Crippen LogP contribution is -3.15. The summed E-state index contributed by atoms with van der Waals surface area (Å²) in [5.74, 6) is 0.0638. The number of carbonyl (C=O) groups is 2. The minimum atomic E-state index is -0.226. The summed E-state index contributed by atoms with van der Waals surface area (Å²) in [5.41, 5.74) is 1.95. The average molecular weight is 346 g/mol. The van der Waals surface area contributed by atoms with Crippen molar-refractivity contribution in [3.05, 3.63) is 29.8 Å². The fraction of sp³-hybridized carbons (Fsp3) is 0.600. The van der Waals surface area contributed by atoms with E-state index < -0.39 is 0 Å². The Morgan fingerprint density at radius 1 is 1.20 bits per heavy atom. The molecule has 2 rings (SSSR count). The van der Waals surface area contributed by atoms with Crippen LogP contribution in [0.25, 0.3) is 0 Å². The number of likely N-dealkylation sites (N-methyl/N-ethyl adjacent to an activating group) is 2. The topological polar surface area (TPSA) is 53.9 Å². The fourth-order valence-corrected chi connectivity index (χ4v) is 3.41. The van der Waals surface area contributed by atoms with Crippen LogP contribution in [0.4, 0.5) is 5.69 Å². The second kappa shape index (κ2) is 8.99. The highest BCUT2D eigenvalue weighted by molar-refractivity contribution is 5.91. The Hall–Kier alpha value is -1.88. The average Bonchev–Trinajstić information content (AvgIpc) is 2.62. The fourth-order valence-electron chi connectivity index (χ4n) is 3.41. The summed E-state index contributed by atoms with van der Waals surface area (Å²) in [7, 11) is 3.82. The number of aryl methyl sites for hydroxylation is 1. The van der Waals surface area contributed by atoms with Gasteiger partial charge in [-0.1, -0.05) is 37.0 Å². The van der Waals surface area contributed by atoms with Crippen molar-refractivity contribution in [1.82, 2.24) is 4.90 Å². The predicted octanol–water partition coefficient (Wildman–Crippen LogP) is 1.63. The summed E-state index contributed by atoms with van der Waals surface area (Å²) in [6.07, 6.45) is 5.89. The first-order chi connectivity index (χ1) is 11.9. The minimum absolute atomic E-state index is 0.0682. The van der Waals surface area contributed by atoms with Crippen molar-refractivity contribution in [2.75, 3.05) is 26.0 Å². The van der Waals surface area contributed by atoms with Crippen LogP contribution in [0.15, 0.2) is 24.3 Å². The molecule has 1 aliphatic rings. The van der Waals surface area contributed by atoms with E-state index >= 15 is 0 Å². The molecule has 25 heavy (non-hydrogen) atoms. The number of hydrogen-bond acceptors (Lipinski definition) is 2. The zero-order valence-corrected chi connectivity index (χ0v) is 16.0. The van der Waals surface area contributed by atoms with Crippen LogP contribution in [-0.4, -0.2) is 49.4 Å². The highest BCUT2D eigenvalue weighted by Crippen LogP contribution is 2.21. The van der Waals surface area contributed by atoms with Gasteiger partial charge in [0.2, 0.25) is 0 Å². The molecule has 0 bridgehead atoms. The number of carbonyl (C=O) groups excluding carboxylic acids is 2. The first kappa shape index (κ1) is 19.4. The van der Waals surface area contributed by atoms with Gasteiger partial charge < -0.3 is 15.1 Å². The van der Waals surface area contributed by atoms with Gasteiger partial charge in [0.25, 0.3) is 11.8 Å². The number of hydrogen-bond donors (Lipinski definition) is 2. The zero-order chi connectivity index (χ0) is 18.4. The molecular weight excluding hydrogens is 314 g/mol. The van der Waals surface area contributed by atoms with Gasteiger partial charge in [0.05, 0.1) is 7.05 Å². The summed E-state index contributed by atoms with van der Waals surface area (Å²) in [4.78, 5) is 27.8. The second-order valence-electron chi connectivity index (χ2n) is 7.40. The Kier molecular flexibility index (Phi) is 7.00. The molecule has 0 aromatic heterocycles. The highest BCUT2D eigenvalue weighted by atomic mass is 16.2. The molecule has 1 fully saturated rings. The van der Waals surface area contributed by atoms with Gasteiger partial charge >= 0.3 is 0 Å². The van der Waals surface area contributed by atoms with Crippen molar-refractivity contribution < 1.29 is 14.5 Å². The summed E-state index contributed by atoms with van der Waals surface area (Å²) in [6.45, 7) is 4.20. The van der Waals surface area contributed by atoms with E-state index in [2.05, 4.69) is 5.32 Å². The van der Waals surface area contributed by atoms with Crippen LogP contribution in [0, 0.1) is 6.92 Å². The van der Waals surface area contributed by atoms with E-state index in [9.17, 15) is 9.59 Å². The van der Waals surface area contributed by atoms with Crippen LogP contribution in [0.2, 0.25) is 0 Å². The van der Waals surface area contributed by atoms with E-state index in [1.807, 2.05) is 57.1 Å². The smallest absolute Gasteiger partial charge is 0.280 e. The van der Waals surface area contributed by atoms with Gasteiger partial charge in [-0.15, -0.1) is 0 Å². The van der Waals surface area contributed by atoms with Gasteiger partial charge in [0.15, 0.2) is 12.6 Å². The lowest BCUT2D eigenvalue weighted by atomic mass is 9.94. The van der Waals surface area contributed by atoms with Crippen molar-refractivity contribution in [3.63, 3.8) is 0 Å². The maximum Gasteiger partial charge on any atom is 0.280 e. The molecule has 1 aromatic carbocycles. The molecular formula is C20H32N3O2+. The van der Waals surface area contributed by atoms with Gasteiger partial charge in [0.1, 0.15) is 0 Å². The first-order valence-electron chi connectivity index (χ1n) is 9.34. The van der Waals surface area contributed by atoms with Crippen molar-refractivity contribution in [3.8, 4) is 0 Å². The number of rotatable bonds is 6. The number of nitrogens with one attached hydrogen (secondary N) is 2. The molecule has 0 radical (unpaired) electrons. The molecule has 2 atom stereocenters. The van der Waals surface area contributed by atoms with Crippen LogP contribution in [0.5, 0.6) is 0 Å². The summed E-state index contributed by atoms with van der Waals surface area (Å²) in [5, 5.41) is 2.90. The van der Waals surface area contributed by atoms with Crippen LogP contribution in [0.1, 0.15) is 44.6 Å². The monoisotopic (exact) mass is 346 g/mol. The molecule has 1 aliphatic carbocycles. The number of quaternary nitrogens is 1. The van der Waals surface area contributed by atoms with Gasteiger partial charge in [-0.3, -0.25) is 9.59 Å². The number of anilines is 1. The minimum Gasteiger partial charge on any atom is -0.338 e. The third-order valence-corrected chi connectivity index (χ3v) is 5.35. The third-order valence-electron chi connectivity index (χ3n) is 5.35. The number of benzene rings is 1. The standard InChI is InChI=1S/C20H31N3O2/c1-15-10-12-17(13-11-15)21-19(24)14-22(3)16(2)20(25)23(4)18-8-6-5-7-9-18/h10-13,16,18H,5-9,14H2,1-4H3,(H,21,24)/p+1/t16-/m1/s1. The molecule has 2 amide bonds. The highest BCUT2D eigenvalue weighted by Gasteiger charge is 2.30. The molecule has 0 heterocycles. The van der Waals surface area contributed by atoms with Crippen molar-refractivity contribution in [1.29, 1.82) is 0 Å². The van der Waals surface area contributed by atoms with Crippen molar-refractivity contribution in [2.24, 2.45) is 0 Å². The summed E-state index contributed by atoms with van der Waals surface area (Å²) < 4.78 is 0. The van der Waals surface area contributed by atoms with Gasteiger partial charge in [0, 0.05) is 18.8 Å². The molecule has 0 spiro atoms. The Morgan fingerprint density at radius 3 is 2.40 bits per heavy atom. The van der Waals surface area contributed by atoms with Gasteiger partial charge in [-0.25, -0.2) is 0 Å². The molecule has 1 saturated carbocycles. The van der Waals surface area contributed by atoms with Crippen LogP contribution < -0.4 is 10.2 Å². The predicted molar refractivity (Wildman–Crippen MR) is 101 cm³/mol. The largest absolute Gasteiger partial charge is 0.338 e. The van der Waals surface area contributed by atoms with Crippen LogP contribution >= 0.6 is 0 Å². The Labute approximate surface area is 151 Å². The molecule has 5 heteroatoms. The molecule has 1 aromatic rings. The van der Waals surface area contributed by atoms with E-state index in [1.165, 1.54) is 19.3 Å². The zero-order valence-electron chi connectivity index (χ0n) is 16.0. The second-order valence-corrected chi connectivity index (χ2v) is 7.40. The number of nitrogens with zero attached hydrogens (tertiary/aromatic N) is 1. The lowest BCUT2D eigenvalue weighted by Gasteiger charge is -2.33. The van der Waals surface area contributed by atoms with E-state index in [1.54, 1.807) is 0 Å². The number of amides is 2. The Morgan fingerprint density at radius 2 is 1.80 bits per heavy atom. The van der Waals surface area contributed by atoms with Crippen LogP contribution in [-0.2, 0) is 9.59 Å². The van der Waals surface area contributed by atoms with E-state index in [-0.39, 0.29) is 24.4 Å². The van der Waals surface area contributed by atoms with E-state index in [0.717, 1.165) is 29.0 Å². The SMILES string of the molecule is Cc1ccc(NC(=O)C[NH+](C)[C@H](C)C(=O)N(C)C2CCCCC2)cc1. The third kappa shape index (κ3) is 5.56. The summed E-state index contributed by atoms with van der Waals surface area (Å²) >= 11 is 0. The Balaban J connectivity index is 1.85. The van der Waals surface area contributed by atoms with Gasteiger partial charge in [-0.05, 0) is 38.8 Å². The quantitative estimate of drug-likeness (QED) is 0.823. The normalized spacial score (nSPS) is 17.6. The van der Waals surface area contributed by atoms with Crippen molar-refractivity contribution >= 4 is 17.5 Å². The van der Waals surface area contributed by atoms with E-state index in [0.29, 0.717) is 6.04 Å². The van der Waals surface area contributed by atoms with Gasteiger partial charge in [-0.2, -0.15) is 0 Å². The molecule has 0 aliphatic heterocycles. The maximum absolute atomic E-state index is 12.7. The molecule has 2 N–H and O–H groups in total. The van der Waals surface area contributed by atoms with E-state index in [4.69, 9.17) is 0 Å². The first-order valence-corrected chi connectivity index (χ1v) is 9.34. The molecule has 1 unspecified atom stereocenters. The van der Waals surface area contributed by atoms with Crippen molar-refractivity contribution in [2.45, 2.75) is 58.0 Å². The summed E-state index contributed by atoms with van der Waals surface area (Å²) in [6, 6.07) is 7.87. The van der Waals surface area contributed by atoms with Crippen LogP contribution in [0.3, 0.4) is 0 Å².